The number of β-lactam (4-membered cyclic amide) rings is 1. The Morgan fingerprint density at radius 1 is 1.38 bits per heavy atom. The predicted molar refractivity (Wildman–Crippen MR) is 107 cm³/mol. The molecule has 158 valence electrons. The number of carbonyl (C=O) groups excluding carboxylic acids is 3. The summed E-state index contributed by atoms with van der Waals surface area (Å²) in [5.74, 6) is -0.832. The maximum absolute atomic E-state index is 13.2. The Morgan fingerprint density at radius 2 is 2.03 bits per heavy atom. The number of imidazole rings is 1. The second-order valence-corrected chi connectivity index (χ2v) is 9.31. The number of H-pyrrole nitrogens is 1. The Labute approximate surface area is 173 Å². The van der Waals surface area contributed by atoms with E-state index in [1.54, 1.807) is 20.8 Å². The average molecular weight is 423 g/mol. The van der Waals surface area contributed by atoms with Crippen LogP contribution in [0.2, 0.25) is 0 Å². The number of aromatic amines is 1. The lowest BCUT2D eigenvalue weighted by Crippen LogP contribution is -2.76. The molecule has 3 rings (SSSR count). The molecule has 10 heteroatoms. The van der Waals surface area contributed by atoms with Crippen LogP contribution in [0.25, 0.3) is 0 Å². The number of esters is 2. The molecule has 29 heavy (non-hydrogen) atoms. The van der Waals surface area contributed by atoms with E-state index in [1.165, 1.54) is 23.6 Å². The molecular weight excluding hydrogens is 396 g/mol. The number of carbonyl (C=O) groups is 3. The van der Waals surface area contributed by atoms with Gasteiger partial charge in [-0.2, -0.15) is 0 Å². The van der Waals surface area contributed by atoms with Crippen LogP contribution in [0.1, 0.15) is 44.9 Å². The molecule has 0 bridgehead atoms. The number of nitrogens with one attached hydrogen (secondary N) is 1. The van der Waals surface area contributed by atoms with E-state index in [2.05, 4.69) is 9.97 Å². The van der Waals surface area contributed by atoms with Crippen LogP contribution in [-0.2, 0) is 29.4 Å². The van der Waals surface area contributed by atoms with Crippen molar-refractivity contribution in [3.8, 4) is 0 Å². The monoisotopic (exact) mass is 422 g/mol. The Morgan fingerprint density at radius 3 is 2.55 bits per heavy atom. The number of nitrogens with zero attached hydrogens (tertiary/aromatic N) is 2. The van der Waals surface area contributed by atoms with Crippen molar-refractivity contribution < 1.29 is 23.9 Å². The smallest absolute Gasteiger partial charge is 0.355 e. The fourth-order valence-electron chi connectivity index (χ4n) is 3.22. The van der Waals surface area contributed by atoms with Gasteiger partial charge in [-0.3, -0.25) is 14.5 Å². The van der Waals surface area contributed by atoms with Gasteiger partial charge in [-0.15, -0.1) is 11.8 Å². The van der Waals surface area contributed by atoms with Crippen molar-refractivity contribution in [3.05, 3.63) is 28.5 Å². The molecule has 1 amide bonds. The van der Waals surface area contributed by atoms with Gasteiger partial charge in [-0.1, -0.05) is 0 Å². The third kappa shape index (κ3) is 3.66. The minimum atomic E-state index is -1.37. The number of thioether (sulfide) groups is 1. The molecular formula is C19H26N4O5S. The summed E-state index contributed by atoms with van der Waals surface area (Å²) in [6.45, 7) is 10.1. The van der Waals surface area contributed by atoms with E-state index in [1.807, 2.05) is 13.8 Å². The topological polar surface area (TPSA) is 128 Å². The number of hydrogen-bond acceptors (Lipinski definition) is 8. The third-order valence-electron chi connectivity index (χ3n) is 4.75. The van der Waals surface area contributed by atoms with Gasteiger partial charge in [0.1, 0.15) is 29.1 Å². The first-order valence-electron chi connectivity index (χ1n) is 9.22. The van der Waals surface area contributed by atoms with E-state index in [0.717, 1.165) is 11.4 Å². The second-order valence-electron chi connectivity index (χ2n) is 8.24. The number of nitrogens with two attached hydrogens (primary N) is 1. The van der Waals surface area contributed by atoms with E-state index < -0.39 is 34.4 Å². The zero-order valence-electron chi connectivity index (χ0n) is 17.4. The SMILES string of the molecule is CC(=O)OCC1=C(C(=O)OC(C)(C)C)N2C(=O)C(N)(c3nc(C)c(C)[nH]3)[C@@H]2SC1. The second kappa shape index (κ2) is 7.17. The highest BCUT2D eigenvalue weighted by Crippen LogP contribution is 2.49. The molecule has 0 aliphatic carbocycles. The van der Waals surface area contributed by atoms with Gasteiger partial charge in [0.05, 0.1) is 5.69 Å². The molecule has 1 saturated heterocycles. The first-order chi connectivity index (χ1) is 13.4. The van der Waals surface area contributed by atoms with Crippen molar-refractivity contribution in [2.75, 3.05) is 12.4 Å². The largest absolute Gasteiger partial charge is 0.461 e. The van der Waals surface area contributed by atoms with Gasteiger partial charge in [-0.25, -0.2) is 9.78 Å². The van der Waals surface area contributed by atoms with Gasteiger partial charge in [0.2, 0.25) is 0 Å². The van der Waals surface area contributed by atoms with Gasteiger partial charge in [0.25, 0.3) is 5.91 Å². The normalized spacial score (nSPS) is 24.2. The van der Waals surface area contributed by atoms with Gasteiger partial charge < -0.3 is 20.2 Å². The fourth-order valence-corrected chi connectivity index (χ4v) is 4.63. The minimum Gasteiger partial charge on any atom is -0.461 e. The number of ether oxygens (including phenoxy) is 2. The maximum atomic E-state index is 13.2. The van der Waals surface area contributed by atoms with Crippen LogP contribution >= 0.6 is 11.8 Å². The lowest BCUT2D eigenvalue weighted by molar-refractivity contribution is -0.162. The van der Waals surface area contributed by atoms with Crippen LogP contribution in [0.5, 0.6) is 0 Å². The summed E-state index contributed by atoms with van der Waals surface area (Å²) in [4.78, 5) is 46.2. The van der Waals surface area contributed by atoms with Crippen LogP contribution in [0.4, 0.5) is 0 Å². The summed E-state index contributed by atoms with van der Waals surface area (Å²) < 4.78 is 10.6. The average Bonchev–Trinajstić information content (AvgIpc) is 2.95. The van der Waals surface area contributed by atoms with Gasteiger partial charge in [0, 0.05) is 23.9 Å². The maximum Gasteiger partial charge on any atom is 0.355 e. The van der Waals surface area contributed by atoms with Crippen molar-refractivity contribution in [2.24, 2.45) is 5.73 Å². The molecule has 0 saturated carbocycles. The molecule has 3 heterocycles. The molecule has 2 aliphatic heterocycles. The summed E-state index contributed by atoms with van der Waals surface area (Å²) in [6.07, 6.45) is 0. The molecule has 2 atom stereocenters. The van der Waals surface area contributed by atoms with Crippen molar-refractivity contribution in [2.45, 2.75) is 58.1 Å². The van der Waals surface area contributed by atoms with E-state index >= 15 is 0 Å². The quantitative estimate of drug-likeness (QED) is 0.548. The summed E-state index contributed by atoms with van der Waals surface area (Å²) in [6, 6.07) is 0. The van der Waals surface area contributed by atoms with Crippen LogP contribution in [0.15, 0.2) is 11.3 Å². The lowest BCUT2D eigenvalue weighted by Gasteiger charge is -2.54. The molecule has 1 fully saturated rings. The fraction of sp³-hybridized carbons (Fsp3) is 0.579. The molecule has 3 N–H and O–H groups in total. The highest BCUT2D eigenvalue weighted by atomic mass is 32.2. The molecule has 2 aliphatic rings. The zero-order chi connectivity index (χ0) is 21.7. The molecule has 1 aromatic heterocycles. The number of aryl methyl sites for hydroxylation is 2. The summed E-state index contributed by atoms with van der Waals surface area (Å²) >= 11 is 1.40. The highest BCUT2D eigenvalue weighted by molar-refractivity contribution is 8.00. The number of hydrogen-bond donors (Lipinski definition) is 2. The van der Waals surface area contributed by atoms with E-state index in [4.69, 9.17) is 15.2 Å². The van der Waals surface area contributed by atoms with Crippen LogP contribution < -0.4 is 5.73 Å². The third-order valence-corrected chi connectivity index (χ3v) is 6.16. The number of fused-ring (bicyclic) bond motifs is 1. The Balaban J connectivity index is 1.99. The Hall–Kier alpha value is -2.33. The number of amides is 1. The minimum absolute atomic E-state index is 0.0933. The van der Waals surface area contributed by atoms with Crippen molar-refractivity contribution in [3.63, 3.8) is 0 Å². The van der Waals surface area contributed by atoms with Gasteiger partial charge in [-0.05, 0) is 34.6 Å². The van der Waals surface area contributed by atoms with Crippen LogP contribution in [-0.4, -0.2) is 56.0 Å². The summed E-state index contributed by atoms with van der Waals surface area (Å²) in [5.41, 5.74) is 6.57. The zero-order valence-corrected chi connectivity index (χ0v) is 18.2. The van der Waals surface area contributed by atoms with Crippen LogP contribution in [0.3, 0.4) is 0 Å². The molecule has 1 unspecified atom stereocenters. The molecule has 1 aromatic rings. The van der Waals surface area contributed by atoms with Crippen LogP contribution in [0, 0.1) is 13.8 Å². The Bertz CT molecular complexity index is 897. The molecule has 0 radical (unpaired) electrons. The first kappa shape index (κ1) is 21.4. The summed E-state index contributed by atoms with van der Waals surface area (Å²) in [5, 5.41) is -0.524. The molecule has 0 aromatic carbocycles. The lowest BCUT2D eigenvalue weighted by atomic mass is 9.86. The number of aromatic nitrogens is 2. The predicted octanol–water partition coefficient (Wildman–Crippen LogP) is 1.25. The van der Waals surface area contributed by atoms with E-state index in [0.29, 0.717) is 17.2 Å². The van der Waals surface area contributed by atoms with Crippen molar-refractivity contribution in [1.29, 1.82) is 0 Å². The Kier molecular flexibility index (Phi) is 5.29. The summed E-state index contributed by atoms with van der Waals surface area (Å²) in [7, 11) is 0. The van der Waals surface area contributed by atoms with Crippen molar-refractivity contribution >= 4 is 29.6 Å². The number of rotatable bonds is 4. The van der Waals surface area contributed by atoms with Gasteiger partial charge >= 0.3 is 11.9 Å². The first-order valence-corrected chi connectivity index (χ1v) is 10.3. The highest BCUT2D eigenvalue weighted by Gasteiger charge is 2.65. The molecule has 0 spiro atoms. The van der Waals surface area contributed by atoms with Crippen molar-refractivity contribution in [1.82, 2.24) is 14.9 Å². The molecule has 9 nitrogen and oxygen atoms in total. The standard InChI is InChI=1S/C19H26N4O5S/c1-9-10(2)22-15(21-9)19(20)16(26)23-13(14(25)28-18(4,5)6)12(7-27-11(3)24)8-29-17(19)23/h17H,7-8,20H2,1-6H3,(H,21,22)/t17-,19?/m0/s1. The van der Waals surface area contributed by atoms with E-state index in [-0.39, 0.29) is 12.3 Å². The van der Waals surface area contributed by atoms with Gasteiger partial charge in [0.15, 0.2) is 5.54 Å². The van der Waals surface area contributed by atoms with E-state index in [9.17, 15) is 14.4 Å².